The van der Waals surface area contributed by atoms with Crippen molar-refractivity contribution in [3.05, 3.63) is 11.6 Å². The van der Waals surface area contributed by atoms with E-state index >= 15 is 0 Å². The van der Waals surface area contributed by atoms with Crippen molar-refractivity contribution in [2.24, 2.45) is 28.6 Å². The van der Waals surface area contributed by atoms with Crippen molar-refractivity contribution in [1.82, 2.24) is 0 Å². The van der Waals surface area contributed by atoms with E-state index < -0.39 is 41.4 Å². The summed E-state index contributed by atoms with van der Waals surface area (Å²) in [6.07, 6.45) is 4.30. The van der Waals surface area contributed by atoms with Gasteiger partial charge in [0.1, 0.15) is 5.60 Å². The molecule has 0 aromatic heterocycles. The number of fused-ring (bicyclic) bond motifs is 5. The van der Waals surface area contributed by atoms with Crippen molar-refractivity contribution in [2.75, 3.05) is 6.61 Å². The summed E-state index contributed by atoms with van der Waals surface area (Å²) in [5.74, 6) is -2.20. The zero-order valence-electron chi connectivity index (χ0n) is 19.3. The van der Waals surface area contributed by atoms with Gasteiger partial charge in [-0.1, -0.05) is 19.4 Å². The van der Waals surface area contributed by atoms with Crippen LogP contribution in [0.4, 0.5) is 0 Å². The summed E-state index contributed by atoms with van der Waals surface area (Å²) in [6, 6.07) is 0. The van der Waals surface area contributed by atoms with Crippen LogP contribution in [0.15, 0.2) is 11.6 Å². The van der Waals surface area contributed by atoms with Crippen LogP contribution in [0.25, 0.3) is 0 Å². The van der Waals surface area contributed by atoms with Crippen LogP contribution < -0.4 is 0 Å². The Morgan fingerprint density at radius 1 is 1.12 bits per heavy atom. The largest absolute Gasteiger partial charge is 0.481 e. The molecule has 0 bridgehead atoms. The molecule has 3 fully saturated rings. The van der Waals surface area contributed by atoms with E-state index in [4.69, 9.17) is 9.84 Å². The van der Waals surface area contributed by atoms with E-state index in [0.717, 1.165) is 24.8 Å². The molecule has 33 heavy (non-hydrogen) atoms. The third-order valence-electron chi connectivity index (χ3n) is 9.42. The number of rotatable bonds is 6. The smallest absolute Gasteiger partial charge is 0.306 e. The summed E-state index contributed by atoms with van der Waals surface area (Å²) in [5.41, 5.74) is -1.68. The third kappa shape index (κ3) is 3.75. The number of allylic oxidation sites excluding steroid dienone is 1. The van der Waals surface area contributed by atoms with Crippen molar-refractivity contribution < 1.29 is 39.2 Å². The van der Waals surface area contributed by atoms with Gasteiger partial charge in [0.15, 0.2) is 12.4 Å². The molecule has 0 aromatic rings. The zero-order chi connectivity index (χ0) is 24.2. The highest BCUT2D eigenvalue weighted by atomic mass is 16.5. The highest BCUT2D eigenvalue weighted by Crippen LogP contribution is 2.67. The van der Waals surface area contributed by atoms with Crippen molar-refractivity contribution in [3.8, 4) is 0 Å². The Kier molecular flexibility index (Phi) is 6.06. The van der Waals surface area contributed by atoms with Crippen LogP contribution >= 0.6 is 0 Å². The van der Waals surface area contributed by atoms with Gasteiger partial charge in [-0.15, -0.1) is 0 Å². The Bertz CT molecular complexity index is 908. The normalized spacial score (nSPS) is 41.9. The first-order valence-corrected chi connectivity index (χ1v) is 12.0. The number of carbonyl (C=O) groups excluding carboxylic acids is 3. The number of Topliss-reactive ketones (excluding diaryl/α,β-unsaturated/α-hetero) is 1. The molecule has 4 rings (SSSR count). The summed E-state index contributed by atoms with van der Waals surface area (Å²) < 4.78 is 4.97. The van der Waals surface area contributed by atoms with Crippen LogP contribution in [-0.4, -0.2) is 57.1 Å². The number of ketones is 2. The Balaban J connectivity index is 1.53. The fourth-order valence-electron chi connectivity index (χ4n) is 7.70. The Hall–Kier alpha value is -2.06. The van der Waals surface area contributed by atoms with E-state index in [0.29, 0.717) is 12.8 Å². The molecule has 2 unspecified atom stereocenters. The van der Waals surface area contributed by atoms with Crippen LogP contribution in [0.5, 0.6) is 0 Å². The third-order valence-corrected chi connectivity index (χ3v) is 9.42. The highest BCUT2D eigenvalue weighted by molar-refractivity contribution is 5.92. The number of hydrogen-bond donors (Lipinski definition) is 3. The van der Waals surface area contributed by atoms with Crippen LogP contribution in [0.2, 0.25) is 0 Å². The molecule has 0 aliphatic heterocycles. The molecular formula is C25H34O8. The molecule has 8 nitrogen and oxygen atoms in total. The van der Waals surface area contributed by atoms with Gasteiger partial charge in [-0.05, 0) is 67.8 Å². The number of aliphatic hydroxyl groups excluding tert-OH is 1. The molecule has 0 radical (unpaired) electrons. The molecule has 0 aromatic carbocycles. The lowest BCUT2D eigenvalue weighted by atomic mass is 9.45. The fraction of sp³-hybridized carbons (Fsp3) is 0.760. The summed E-state index contributed by atoms with van der Waals surface area (Å²) >= 11 is 0. The van der Waals surface area contributed by atoms with Gasteiger partial charge in [0.2, 0.25) is 5.78 Å². The standard InChI is InChI=1S/C25H34O8/c1-23-9-7-15(26)11-14(23)3-4-16-17-8-10-25(32,24(17,2)12-18(27)22(16)23)19(28)13-33-21(31)6-5-20(29)30/h11,16-18,22,27,32H,3-10,12-13H2,1-2H3,(H,29,30)/t16-,17-,18-,22+,23?,24?,25-/m0/s1. The number of carboxylic acids is 1. The maximum absolute atomic E-state index is 13.1. The van der Waals surface area contributed by atoms with Gasteiger partial charge < -0.3 is 20.1 Å². The lowest BCUT2D eigenvalue weighted by Gasteiger charge is -2.60. The second-order valence-corrected chi connectivity index (χ2v) is 11.0. The Morgan fingerprint density at radius 2 is 1.85 bits per heavy atom. The van der Waals surface area contributed by atoms with Crippen LogP contribution in [-0.2, 0) is 23.9 Å². The van der Waals surface area contributed by atoms with Gasteiger partial charge in [0.05, 0.1) is 18.9 Å². The van der Waals surface area contributed by atoms with E-state index in [1.54, 1.807) is 6.08 Å². The van der Waals surface area contributed by atoms with Crippen molar-refractivity contribution in [2.45, 2.75) is 83.3 Å². The average molecular weight is 463 g/mol. The average Bonchev–Trinajstić information content (AvgIpc) is 3.02. The molecule has 3 saturated carbocycles. The maximum atomic E-state index is 13.1. The summed E-state index contributed by atoms with van der Waals surface area (Å²) in [6.45, 7) is 3.41. The number of esters is 1. The molecule has 4 aliphatic rings. The number of aliphatic hydroxyl groups is 2. The van der Waals surface area contributed by atoms with Gasteiger partial charge >= 0.3 is 11.9 Å². The molecule has 0 saturated heterocycles. The molecule has 0 amide bonds. The monoisotopic (exact) mass is 462 g/mol. The lowest BCUT2D eigenvalue weighted by Crippen LogP contribution is -2.62. The maximum Gasteiger partial charge on any atom is 0.306 e. The summed E-state index contributed by atoms with van der Waals surface area (Å²) in [7, 11) is 0. The molecule has 0 spiro atoms. The molecule has 182 valence electrons. The number of carboxylic acid groups (broad SMARTS) is 1. The topological polar surface area (TPSA) is 138 Å². The summed E-state index contributed by atoms with van der Waals surface area (Å²) in [5, 5.41) is 31.6. The minimum atomic E-state index is -1.71. The zero-order valence-corrected chi connectivity index (χ0v) is 19.3. The quantitative estimate of drug-likeness (QED) is 0.511. The van der Waals surface area contributed by atoms with Crippen molar-refractivity contribution in [1.29, 1.82) is 0 Å². The lowest BCUT2D eigenvalue weighted by molar-refractivity contribution is -0.184. The van der Waals surface area contributed by atoms with Crippen molar-refractivity contribution >= 4 is 23.5 Å². The van der Waals surface area contributed by atoms with Gasteiger partial charge in [-0.25, -0.2) is 0 Å². The number of hydrogen-bond acceptors (Lipinski definition) is 7. The predicted molar refractivity (Wildman–Crippen MR) is 116 cm³/mol. The SMILES string of the molecule is CC12CCC(=O)C=C1CC[C@@H]1[C@@H]2[C@@H](O)CC2(C)[C@H]1CC[C@]2(O)C(=O)COC(=O)CCC(=O)O. The van der Waals surface area contributed by atoms with Crippen molar-refractivity contribution in [3.63, 3.8) is 0 Å². The molecular weight excluding hydrogens is 428 g/mol. The van der Waals surface area contributed by atoms with Gasteiger partial charge in [0, 0.05) is 11.8 Å². The Labute approximate surface area is 193 Å². The van der Waals surface area contributed by atoms with Gasteiger partial charge in [-0.3, -0.25) is 19.2 Å². The van der Waals surface area contributed by atoms with E-state index in [2.05, 4.69) is 6.92 Å². The second-order valence-electron chi connectivity index (χ2n) is 11.0. The fourth-order valence-corrected chi connectivity index (χ4v) is 7.70. The number of ether oxygens (including phenoxy) is 1. The highest BCUT2D eigenvalue weighted by Gasteiger charge is 2.68. The first-order valence-electron chi connectivity index (χ1n) is 12.0. The number of carbonyl (C=O) groups is 4. The molecule has 8 heteroatoms. The second kappa shape index (κ2) is 8.31. The minimum absolute atomic E-state index is 0.0185. The molecule has 0 heterocycles. The van der Waals surface area contributed by atoms with Crippen LogP contribution in [0.1, 0.15) is 71.6 Å². The van der Waals surface area contributed by atoms with Gasteiger partial charge in [0.25, 0.3) is 0 Å². The summed E-state index contributed by atoms with van der Waals surface area (Å²) in [4.78, 5) is 47.5. The van der Waals surface area contributed by atoms with E-state index in [1.165, 1.54) is 0 Å². The van der Waals surface area contributed by atoms with Crippen LogP contribution in [0.3, 0.4) is 0 Å². The minimum Gasteiger partial charge on any atom is -0.481 e. The molecule has 4 aliphatic carbocycles. The first kappa shape index (κ1) is 24.1. The molecule has 7 atom stereocenters. The van der Waals surface area contributed by atoms with Gasteiger partial charge in [-0.2, -0.15) is 0 Å². The number of aliphatic carboxylic acids is 1. The van der Waals surface area contributed by atoms with Crippen LogP contribution in [0, 0.1) is 28.6 Å². The predicted octanol–water partition coefficient (Wildman–Crippen LogP) is 2.20. The van der Waals surface area contributed by atoms with E-state index in [9.17, 15) is 29.4 Å². The Morgan fingerprint density at radius 3 is 2.55 bits per heavy atom. The van der Waals surface area contributed by atoms with E-state index in [-0.39, 0.29) is 54.6 Å². The molecule has 3 N–H and O–H groups in total. The first-order chi connectivity index (χ1) is 15.4. The van der Waals surface area contributed by atoms with E-state index in [1.807, 2.05) is 6.92 Å².